The average molecular weight is 219 g/mol. The van der Waals surface area contributed by atoms with Gasteiger partial charge in [0.2, 0.25) is 0 Å². The van der Waals surface area contributed by atoms with Crippen LogP contribution < -0.4 is 5.32 Å². The van der Waals surface area contributed by atoms with Crippen LogP contribution in [0.2, 0.25) is 0 Å². The van der Waals surface area contributed by atoms with Crippen LogP contribution in [0.25, 0.3) is 0 Å². The second-order valence-corrected chi connectivity index (χ2v) is 4.46. The molecule has 0 saturated heterocycles. The molecule has 0 fully saturated rings. The van der Waals surface area contributed by atoms with Crippen LogP contribution >= 0.6 is 0 Å². The lowest BCUT2D eigenvalue weighted by Crippen LogP contribution is -2.19. The SMILES string of the molecule is C#CCCn1ncc(CNCC(C)C)c1C. The highest BCUT2D eigenvalue weighted by molar-refractivity contribution is 5.15. The van der Waals surface area contributed by atoms with Crippen molar-refractivity contribution in [3.05, 3.63) is 17.5 Å². The van der Waals surface area contributed by atoms with Crippen LogP contribution in [0.5, 0.6) is 0 Å². The molecule has 1 N–H and O–H groups in total. The van der Waals surface area contributed by atoms with Crippen LogP contribution in [-0.2, 0) is 13.1 Å². The summed E-state index contributed by atoms with van der Waals surface area (Å²) >= 11 is 0. The number of nitrogens with one attached hydrogen (secondary N) is 1. The molecule has 0 aliphatic rings. The summed E-state index contributed by atoms with van der Waals surface area (Å²) in [5.41, 5.74) is 2.48. The lowest BCUT2D eigenvalue weighted by molar-refractivity contribution is 0.550. The van der Waals surface area contributed by atoms with E-state index in [4.69, 9.17) is 6.42 Å². The monoisotopic (exact) mass is 219 g/mol. The van der Waals surface area contributed by atoms with Gasteiger partial charge in [0.1, 0.15) is 0 Å². The highest BCUT2D eigenvalue weighted by Crippen LogP contribution is 2.07. The highest BCUT2D eigenvalue weighted by atomic mass is 15.3. The summed E-state index contributed by atoms with van der Waals surface area (Å²) in [6, 6.07) is 0. The largest absolute Gasteiger partial charge is 0.312 e. The molecular weight excluding hydrogens is 198 g/mol. The summed E-state index contributed by atoms with van der Waals surface area (Å²) in [4.78, 5) is 0. The molecular formula is C13H21N3. The van der Waals surface area contributed by atoms with Gasteiger partial charge in [-0.15, -0.1) is 12.3 Å². The number of nitrogens with zero attached hydrogens (tertiary/aromatic N) is 2. The van der Waals surface area contributed by atoms with Crippen molar-refractivity contribution < 1.29 is 0 Å². The first kappa shape index (κ1) is 12.8. The lowest BCUT2D eigenvalue weighted by atomic mass is 10.2. The topological polar surface area (TPSA) is 29.9 Å². The highest BCUT2D eigenvalue weighted by Gasteiger charge is 2.05. The van der Waals surface area contributed by atoms with Crippen LogP contribution in [0.1, 0.15) is 31.5 Å². The molecule has 0 aliphatic heterocycles. The fourth-order valence-corrected chi connectivity index (χ4v) is 1.55. The Kier molecular flexibility index (Phi) is 5.07. The van der Waals surface area contributed by atoms with Gasteiger partial charge in [0, 0.05) is 24.2 Å². The Bertz CT molecular complexity index is 358. The molecule has 3 nitrogen and oxygen atoms in total. The second-order valence-electron chi connectivity index (χ2n) is 4.46. The van der Waals surface area contributed by atoms with Crippen molar-refractivity contribution in [1.82, 2.24) is 15.1 Å². The van der Waals surface area contributed by atoms with Crippen LogP contribution in [0.4, 0.5) is 0 Å². The maximum atomic E-state index is 5.24. The Labute approximate surface area is 98.2 Å². The number of hydrogen-bond acceptors (Lipinski definition) is 2. The first-order valence-corrected chi connectivity index (χ1v) is 5.80. The molecule has 0 aliphatic carbocycles. The Morgan fingerprint density at radius 3 is 2.94 bits per heavy atom. The van der Waals surface area contributed by atoms with Gasteiger partial charge >= 0.3 is 0 Å². The molecule has 0 saturated carbocycles. The van der Waals surface area contributed by atoms with Crippen molar-refractivity contribution >= 4 is 0 Å². The first-order chi connectivity index (χ1) is 7.65. The third-order valence-electron chi connectivity index (χ3n) is 2.54. The Balaban J connectivity index is 2.48. The number of hydrogen-bond donors (Lipinski definition) is 1. The molecule has 0 spiro atoms. The average Bonchev–Trinajstić information content (AvgIpc) is 2.57. The van der Waals surface area contributed by atoms with Crippen molar-refractivity contribution in [2.45, 2.75) is 40.3 Å². The van der Waals surface area contributed by atoms with Gasteiger partial charge < -0.3 is 5.32 Å². The molecule has 0 amide bonds. The molecule has 3 heteroatoms. The molecule has 0 atom stereocenters. The predicted octanol–water partition coefficient (Wildman–Crippen LogP) is 1.96. The molecule has 88 valence electrons. The van der Waals surface area contributed by atoms with E-state index in [0.717, 1.165) is 26.1 Å². The number of aromatic nitrogens is 2. The van der Waals surface area contributed by atoms with Gasteiger partial charge in [0.05, 0.1) is 12.7 Å². The first-order valence-electron chi connectivity index (χ1n) is 5.80. The van der Waals surface area contributed by atoms with Gasteiger partial charge in [-0.3, -0.25) is 4.68 Å². The summed E-state index contributed by atoms with van der Waals surface area (Å²) in [5, 5.41) is 7.75. The molecule has 1 heterocycles. The van der Waals surface area contributed by atoms with E-state index in [1.165, 1.54) is 11.3 Å². The fourth-order valence-electron chi connectivity index (χ4n) is 1.55. The molecule has 0 aromatic carbocycles. The normalized spacial score (nSPS) is 10.7. The van der Waals surface area contributed by atoms with Gasteiger partial charge in [0.25, 0.3) is 0 Å². The molecule has 0 unspecified atom stereocenters. The zero-order valence-corrected chi connectivity index (χ0v) is 10.5. The molecule has 16 heavy (non-hydrogen) atoms. The molecule has 0 radical (unpaired) electrons. The number of terminal acetylenes is 1. The van der Waals surface area contributed by atoms with Crippen molar-refractivity contribution in [2.24, 2.45) is 5.92 Å². The summed E-state index contributed by atoms with van der Waals surface area (Å²) < 4.78 is 1.98. The van der Waals surface area contributed by atoms with E-state index in [1.54, 1.807) is 0 Å². The van der Waals surface area contributed by atoms with Crippen LogP contribution in [-0.4, -0.2) is 16.3 Å². The Morgan fingerprint density at radius 1 is 1.56 bits per heavy atom. The van der Waals surface area contributed by atoms with Gasteiger partial charge in [0.15, 0.2) is 0 Å². The maximum Gasteiger partial charge on any atom is 0.0537 e. The van der Waals surface area contributed by atoms with Gasteiger partial charge in [-0.2, -0.15) is 5.10 Å². The van der Waals surface area contributed by atoms with Crippen LogP contribution in [0, 0.1) is 25.2 Å². The molecule has 0 bridgehead atoms. The minimum absolute atomic E-state index is 0.678. The fraction of sp³-hybridized carbons (Fsp3) is 0.615. The zero-order chi connectivity index (χ0) is 12.0. The Hall–Kier alpha value is -1.27. The van der Waals surface area contributed by atoms with E-state index in [-0.39, 0.29) is 0 Å². The molecule has 1 aromatic heterocycles. The van der Waals surface area contributed by atoms with Gasteiger partial charge in [-0.1, -0.05) is 13.8 Å². The summed E-state index contributed by atoms with van der Waals surface area (Å²) in [6.45, 7) is 9.24. The minimum Gasteiger partial charge on any atom is -0.312 e. The van der Waals surface area contributed by atoms with E-state index in [1.807, 2.05) is 10.9 Å². The lowest BCUT2D eigenvalue weighted by Gasteiger charge is -2.07. The minimum atomic E-state index is 0.678. The van der Waals surface area contributed by atoms with Gasteiger partial charge in [-0.05, 0) is 19.4 Å². The van der Waals surface area contributed by atoms with Crippen molar-refractivity contribution in [2.75, 3.05) is 6.54 Å². The van der Waals surface area contributed by atoms with Crippen LogP contribution in [0.15, 0.2) is 6.20 Å². The Morgan fingerprint density at radius 2 is 2.31 bits per heavy atom. The van der Waals surface area contributed by atoms with E-state index in [9.17, 15) is 0 Å². The quantitative estimate of drug-likeness (QED) is 0.741. The smallest absolute Gasteiger partial charge is 0.0537 e. The third-order valence-corrected chi connectivity index (χ3v) is 2.54. The van der Waals surface area contributed by atoms with E-state index < -0.39 is 0 Å². The summed E-state index contributed by atoms with van der Waals surface area (Å²) in [5.74, 6) is 3.31. The maximum absolute atomic E-state index is 5.24. The predicted molar refractivity (Wildman–Crippen MR) is 67.0 cm³/mol. The van der Waals surface area contributed by atoms with Crippen LogP contribution in [0.3, 0.4) is 0 Å². The van der Waals surface area contributed by atoms with E-state index >= 15 is 0 Å². The summed E-state index contributed by atoms with van der Waals surface area (Å²) in [7, 11) is 0. The molecule has 1 aromatic rings. The van der Waals surface area contributed by atoms with Crippen molar-refractivity contribution in [3.8, 4) is 12.3 Å². The van der Waals surface area contributed by atoms with E-state index in [2.05, 4.69) is 37.1 Å². The van der Waals surface area contributed by atoms with E-state index in [0.29, 0.717) is 5.92 Å². The van der Waals surface area contributed by atoms with Crippen molar-refractivity contribution in [1.29, 1.82) is 0 Å². The zero-order valence-electron chi connectivity index (χ0n) is 10.5. The summed E-state index contributed by atoms with van der Waals surface area (Å²) in [6.07, 6.45) is 7.91. The van der Waals surface area contributed by atoms with Gasteiger partial charge in [-0.25, -0.2) is 0 Å². The number of rotatable bonds is 6. The second kappa shape index (κ2) is 6.34. The third kappa shape index (κ3) is 3.71. The standard InChI is InChI=1S/C13H21N3/c1-5-6-7-16-12(4)13(10-15-16)9-14-8-11(2)3/h1,10-11,14H,6-9H2,2-4H3. The van der Waals surface area contributed by atoms with Crippen molar-refractivity contribution in [3.63, 3.8) is 0 Å². The number of aryl methyl sites for hydroxylation is 1. The molecule has 1 rings (SSSR count).